The van der Waals surface area contributed by atoms with Crippen molar-refractivity contribution in [2.24, 2.45) is 18.9 Å². The largest absolute Gasteiger partial charge is 0.488 e. The molecule has 4 rings (SSSR count). The van der Waals surface area contributed by atoms with Gasteiger partial charge in [0.15, 0.2) is 0 Å². The highest BCUT2D eigenvalue weighted by Crippen LogP contribution is 2.38. The molecule has 0 radical (unpaired) electrons. The lowest BCUT2D eigenvalue weighted by Crippen LogP contribution is -2.42. The Morgan fingerprint density at radius 1 is 1.34 bits per heavy atom. The number of hydrogen-bond donors (Lipinski definition) is 2. The Kier molecular flexibility index (Phi) is 5.81. The summed E-state index contributed by atoms with van der Waals surface area (Å²) in [7, 11) is 1.85. The predicted molar refractivity (Wildman–Crippen MR) is 111 cm³/mol. The normalized spacial score (nSPS) is 26.9. The van der Waals surface area contributed by atoms with Crippen LogP contribution in [-0.2, 0) is 11.8 Å². The van der Waals surface area contributed by atoms with Crippen molar-refractivity contribution in [2.75, 3.05) is 25.0 Å². The van der Waals surface area contributed by atoms with Crippen LogP contribution in [0.15, 0.2) is 30.5 Å². The average molecular weight is 419 g/mol. The molecule has 2 fully saturated rings. The number of likely N-dealkylation sites (tertiary alicyclic amines) is 1. The van der Waals surface area contributed by atoms with Crippen LogP contribution in [0, 0.1) is 18.8 Å². The number of nitrogens with zero attached hydrogens (tertiary/aromatic N) is 3. The second-order valence-electron chi connectivity index (χ2n) is 8.18. The van der Waals surface area contributed by atoms with Crippen molar-refractivity contribution >= 4 is 23.2 Å². The lowest BCUT2D eigenvalue weighted by molar-refractivity contribution is -0.117. The van der Waals surface area contributed by atoms with E-state index in [1.165, 1.54) is 0 Å². The van der Waals surface area contributed by atoms with Crippen LogP contribution < -0.4 is 10.1 Å². The van der Waals surface area contributed by atoms with Gasteiger partial charge in [-0.2, -0.15) is 5.10 Å². The van der Waals surface area contributed by atoms with Crippen molar-refractivity contribution in [1.29, 1.82) is 0 Å². The molecule has 1 aromatic carbocycles. The highest BCUT2D eigenvalue weighted by molar-refractivity contribution is 6.30. The van der Waals surface area contributed by atoms with E-state index in [1.807, 2.05) is 26.1 Å². The molecule has 2 aliphatic rings. The summed E-state index contributed by atoms with van der Waals surface area (Å²) in [5, 5.41) is 18.3. The molecule has 156 valence electrons. The number of aryl methyl sites for hydroxylation is 1. The Balaban J connectivity index is 1.32. The van der Waals surface area contributed by atoms with Crippen LogP contribution in [0.2, 0.25) is 5.02 Å². The minimum atomic E-state index is -0.512. The molecule has 1 saturated carbocycles. The van der Waals surface area contributed by atoms with Gasteiger partial charge in [-0.15, -0.1) is 0 Å². The Labute approximate surface area is 175 Å². The maximum atomic E-state index is 12.5. The molecule has 1 aliphatic carbocycles. The highest BCUT2D eigenvalue weighted by Gasteiger charge is 2.43. The quantitative estimate of drug-likeness (QED) is 0.779. The number of ether oxygens (including phenoxy) is 1. The maximum absolute atomic E-state index is 12.5. The fourth-order valence-corrected chi connectivity index (χ4v) is 4.65. The van der Waals surface area contributed by atoms with Gasteiger partial charge in [0.05, 0.1) is 30.2 Å². The molecule has 7 nitrogen and oxygen atoms in total. The number of aliphatic hydroxyl groups is 1. The summed E-state index contributed by atoms with van der Waals surface area (Å²) in [5.74, 6) is 1.45. The molecule has 1 aliphatic heterocycles. The molecule has 2 aromatic rings. The number of anilines is 1. The number of aromatic nitrogens is 2. The van der Waals surface area contributed by atoms with Crippen LogP contribution in [0.5, 0.6) is 5.75 Å². The molecule has 1 aromatic heterocycles. The number of carbonyl (C=O) groups is 1. The summed E-state index contributed by atoms with van der Waals surface area (Å²) < 4.78 is 7.76. The van der Waals surface area contributed by atoms with Gasteiger partial charge in [0, 0.05) is 25.2 Å². The lowest BCUT2D eigenvalue weighted by Gasteiger charge is -2.35. The van der Waals surface area contributed by atoms with Crippen LogP contribution >= 0.6 is 11.6 Å². The molecule has 0 unspecified atom stereocenters. The zero-order valence-electron chi connectivity index (χ0n) is 16.7. The molecular weight excluding hydrogens is 392 g/mol. The van der Waals surface area contributed by atoms with Crippen LogP contribution in [0.3, 0.4) is 0 Å². The van der Waals surface area contributed by atoms with Gasteiger partial charge in [0.2, 0.25) is 5.91 Å². The number of amides is 1. The summed E-state index contributed by atoms with van der Waals surface area (Å²) in [6.45, 7) is 3.93. The Hall–Kier alpha value is -2.09. The first-order chi connectivity index (χ1) is 13.9. The Morgan fingerprint density at radius 2 is 2.10 bits per heavy atom. The van der Waals surface area contributed by atoms with Crippen molar-refractivity contribution in [1.82, 2.24) is 14.7 Å². The van der Waals surface area contributed by atoms with Gasteiger partial charge in [0.1, 0.15) is 11.9 Å². The maximum Gasteiger partial charge on any atom is 0.238 e. The van der Waals surface area contributed by atoms with Gasteiger partial charge in [-0.05, 0) is 49.8 Å². The predicted octanol–water partition coefficient (Wildman–Crippen LogP) is 2.47. The average Bonchev–Trinajstić information content (AvgIpc) is 3.19. The van der Waals surface area contributed by atoms with Crippen molar-refractivity contribution in [3.05, 3.63) is 41.2 Å². The summed E-state index contributed by atoms with van der Waals surface area (Å²) >= 11 is 6.03. The summed E-state index contributed by atoms with van der Waals surface area (Å²) in [6, 6.07) is 7.27. The number of fused-ring (bicyclic) bond motifs is 1. The number of halogens is 1. The van der Waals surface area contributed by atoms with Gasteiger partial charge in [-0.3, -0.25) is 14.4 Å². The van der Waals surface area contributed by atoms with Crippen molar-refractivity contribution in [2.45, 2.75) is 32.0 Å². The first kappa shape index (κ1) is 20.2. The monoisotopic (exact) mass is 418 g/mol. The minimum Gasteiger partial charge on any atom is -0.488 e. The molecule has 1 saturated heterocycles. The highest BCUT2D eigenvalue weighted by atomic mass is 35.5. The fourth-order valence-electron chi connectivity index (χ4n) is 4.47. The number of hydrogen-bond acceptors (Lipinski definition) is 5. The van der Waals surface area contributed by atoms with Crippen molar-refractivity contribution in [3.63, 3.8) is 0 Å². The topological polar surface area (TPSA) is 79.6 Å². The number of rotatable bonds is 5. The molecule has 4 atom stereocenters. The Bertz CT molecular complexity index is 887. The molecule has 29 heavy (non-hydrogen) atoms. The van der Waals surface area contributed by atoms with Gasteiger partial charge in [0.25, 0.3) is 0 Å². The lowest BCUT2D eigenvalue weighted by atomic mass is 9.78. The van der Waals surface area contributed by atoms with E-state index < -0.39 is 6.10 Å². The van der Waals surface area contributed by atoms with E-state index in [1.54, 1.807) is 23.0 Å². The fraction of sp³-hybridized carbons (Fsp3) is 0.524. The minimum absolute atomic E-state index is 0.0352. The van der Waals surface area contributed by atoms with Gasteiger partial charge in [-0.1, -0.05) is 17.7 Å². The third kappa shape index (κ3) is 4.57. The number of aliphatic hydroxyl groups excluding tert-OH is 1. The van der Waals surface area contributed by atoms with Gasteiger partial charge in [-0.25, -0.2) is 0 Å². The SMILES string of the molecule is Cc1c(NC(=O)CN2C[C@H]3C[C@@H](Oc4cccc(Cl)c4)[C@H](O)C[C@H]3C2)cnn1C. The van der Waals surface area contributed by atoms with E-state index in [2.05, 4.69) is 15.3 Å². The van der Waals surface area contributed by atoms with Gasteiger partial charge >= 0.3 is 0 Å². The third-order valence-corrected chi connectivity index (χ3v) is 6.36. The molecule has 8 heteroatoms. The number of benzene rings is 1. The summed E-state index contributed by atoms with van der Waals surface area (Å²) in [5.41, 5.74) is 1.68. The van der Waals surface area contributed by atoms with E-state index in [9.17, 15) is 9.90 Å². The van der Waals surface area contributed by atoms with Crippen LogP contribution in [0.1, 0.15) is 18.5 Å². The van der Waals surface area contributed by atoms with E-state index in [0.29, 0.717) is 35.6 Å². The van der Waals surface area contributed by atoms with Crippen molar-refractivity contribution in [3.8, 4) is 5.75 Å². The zero-order valence-corrected chi connectivity index (χ0v) is 17.5. The molecule has 0 spiro atoms. The second kappa shape index (κ2) is 8.34. The first-order valence-electron chi connectivity index (χ1n) is 10.00. The van der Waals surface area contributed by atoms with E-state index in [4.69, 9.17) is 16.3 Å². The van der Waals surface area contributed by atoms with E-state index in [-0.39, 0.29) is 12.0 Å². The van der Waals surface area contributed by atoms with Crippen LogP contribution in [0.4, 0.5) is 5.69 Å². The third-order valence-electron chi connectivity index (χ3n) is 6.12. The molecule has 1 amide bonds. The zero-order chi connectivity index (χ0) is 20.5. The number of carbonyl (C=O) groups excluding carboxylic acids is 1. The smallest absolute Gasteiger partial charge is 0.238 e. The second-order valence-corrected chi connectivity index (χ2v) is 8.62. The molecule has 0 bridgehead atoms. The van der Waals surface area contributed by atoms with E-state index >= 15 is 0 Å². The van der Waals surface area contributed by atoms with Crippen LogP contribution in [-0.4, -0.2) is 57.5 Å². The molecule has 2 heterocycles. The summed E-state index contributed by atoms with van der Waals surface area (Å²) in [4.78, 5) is 14.6. The van der Waals surface area contributed by atoms with Gasteiger partial charge < -0.3 is 15.2 Å². The molecule has 2 N–H and O–H groups in total. The van der Waals surface area contributed by atoms with E-state index in [0.717, 1.165) is 30.9 Å². The first-order valence-corrected chi connectivity index (χ1v) is 10.4. The summed E-state index contributed by atoms with van der Waals surface area (Å²) in [6.07, 6.45) is 2.38. The number of nitrogens with one attached hydrogen (secondary N) is 1. The molecular formula is C21H27ClN4O3. The van der Waals surface area contributed by atoms with Crippen molar-refractivity contribution < 1.29 is 14.6 Å². The standard InChI is InChI=1S/C21H27ClN4O3/c1-13-18(9-23-25(13)2)24-21(28)12-26-10-14-6-19(27)20(7-15(14)11-26)29-17-5-3-4-16(22)8-17/h3-5,8-9,14-15,19-20,27H,6-7,10-12H2,1-2H3,(H,24,28)/t14-,15+,19+,20+/m0/s1. The Morgan fingerprint density at radius 3 is 2.79 bits per heavy atom. The van der Waals surface area contributed by atoms with Crippen LogP contribution in [0.25, 0.3) is 0 Å².